The van der Waals surface area contributed by atoms with Gasteiger partial charge in [-0.25, -0.2) is 5.06 Å². The molecule has 2 rings (SSSR count). The maximum Gasteiger partial charge on any atom is 0.245 e. The molecule has 5 heteroatoms. The summed E-state index contributed by atoms with van der Waals surface area (Å²) in [6, 6.07) is 0. The number of rotatable bonds is 15. The van der Waals surface area contributed by atoms with Crippen LogP contribution in [0.4, 0.5) is 0 Å². The Bertz CT molecular complexity index is 415. The fraction of sp³-hybridized carbons (Fsp3) is 0.955. The molecule has 27 heavy (non-hydrogen) atoms. The van der Waals surface area contributed by atoms with Crippen LogP contribution >= 0.6 is 0 Å². The Hall–Kier alpha value is -0.650. The Morgan fingerprint density at radius 2 is 1.63 bits per heavy atom. The van der Waals surface area contributed by atoms with Crippen molar-refractivity contribution in [2.45, 2.75) is 103 Å². The molecule has 0 aromatic rings. The van der Waals surface area contributed by atoms with Gasteiger partial charge in [0.05, 0.1) is 12.2 Å². The van der Waals surface area contributed by atoms with E-state index < -0.39 is 0 Å². The number of amides is 1. The third kappa shape index (κ3) is 7.71. The van der Waals surface area contributed by atoms with Crippen LogP contribution < -0.4 is 0 Å². The summed E-state index contributed by atoms with van der Waals surface area (Å²) < 4.78 is 12.1. The van der Waals surface area contributed by atoms with Gasteiger partial charge in [0, 0.05) is 26.7 Å². The summed E-state index contributed by atoms with van der Waals surface area (Å²) in [5.74, 6) is 1.20. The second kappa shape index (κ2) is 12.7. The van der Waals surface area contributed by atoms with Gasteiger partial charge in [0.2, 0.25) is 5.91 Å². The molecule has 4 unspecified atom stereocenters. The smallest absolute Gasteiger partial charge is 0.245 e. The number of unbranched alkanes of at least 4 members (excludes halogenated alkanes) is 6. The highest BCUT2D eigenvalue weighted by Gasteiger charge is 2.47. The molecule has 2 saturated heterocycles. The maximum absolute atomic E-state index is 11.4. The second-order valence-electron chi connectivity index (χ2n) is 8.45. The average molecular weight is 384 g/mol. The summed E-state index contributed by atoms with van der Waals surface area (Å²) in [6.07, 6.45) is 15.7. The number of nitrogens with zero attached hydrogens (tertiary/aromatic N) is 1. The van der Waals surface area contributed by atoms with Crippen LogP contribution in [-0.2, 0) is 14.3 Å². The SMILES string of the molecule is CCCCCCOCCC1C2CCC(O2)C1CCCCCCC(=O)N(C)O. The van der Waals surface area contributed by atoms with Gasteiger partial charge in [-0.05, 0) is 50.4 Å². The Balaban J connectivity index is 1.56. The van der Waals surface area contributed by atoms with Crippen molar-refractivity contribution in [2.24, 2.45) is 11.8 Å². The summed E-state index contributed by atoms with van der Waals surface area (Å²) in [6.45, 7) is 4.04. The van der Waals surface area contributed by atoms with E-state index in [-0.39, 0.29) is 5.91 Å². The standard InChI is InChI=1S/C22H41NO4/c1-3-4-5-10-16-26-17-15-19-18(20-13-14-21(19)27-20)11-8-6-7-9-12-22(24)23(2)25/h18-21,25H,3-17H2,1-2H3. The summed E-state index contributed by atoms with van der Waals surface area (Å²) in [5.41, 5.74) is 0. The van der Waals surface area contributed by atoms with Crippen LogP contribution in [0.2, 0.25) is 0 Å². The normalized spacial score (nSPS) is 26.6. The molecule has 2 aliphatic heterocycles. The highest BCUT2D eigenvalue weighted by atomic mass is 16.5. The van der Waals surface area contributed by atoms with Gasteiger partial charge in [-0.1, -0.05) is 45.4 Å². The molecular formula is C22H41NO4. The first-order chi connectivity index (χ1) is 13.1. The van der Waals surface area contributed by atoms with E-state index in [4.69, 9.17) is 14.7 Å². The van der Waals surface area contributed by atoms with Crippen LogP contribution in [0.3, 0.4) is 0 Å². The minimum Gasteiger partial charge on any atom is -0.381 e. The number of hydrogen-bond donors (Lipinski definition) is 1. The number of fused-ring (bicyclic) bond motifs is 2. The molecule has 0 aromatic carbocycles. The molecule has 2 heterocycles. The van der Waals surface area contributed by atoms with Gasteiger partial charge in [-0.3, -0.25) is 10.0 Å². The predicted molar refractivity (Wildman–Crippen MR) is 107 cm³/mol. The van der Waals surface area contributed by atoms with E-state index in [1.54, 1.807) is 0 Å². The summed E-state index contributed by atoms with van der Waals surface area (Å²) in [5, 5.41) is 9.76. The van der Waals surface area contributed by atoms with E-state index in [1.807, 2.05) is 0 Å². The molecule has 2 aliphatic rings. The lowest BCUT2D eigenvalue weighted by molar-refractivity contribution is -0.159. The highest BCUT2D eigenvalue weighted by Crippen LogP contribution is 2.47. The van der Waals surface area contributed by atoms with E-state index in [2.05, 4.69) is 6.92 Å². The van der Waals surface area contributed by atoms with Crippen molar-refractivity contribution in [3.63, 3.8) is 0 Å². The zero-order valence-electron chi connectivity index (χ0n) is 17.5. The number of hydroxylamine groups is 2. The molecule has 0 aromatic heterocycles. The summed E-state index contributed by atoms with van der Waals surface area (Å²) in [7, 11) is 1.40. The van der Waals surface area contributed by atoms with E-state index in [0.717, 1.165) is 38.9 Å². The first-order valence-corrected chi connectivity index (χ1v) is 11.3. The van der Waals surface area contributed by atoms with Crippen molar-refractivity contribution in [3.05, 3.63) is 0 Å². The first kappa shape index (κ1) is 22.6. The molecule has 4 atom stereocenters. The van der Waals surface area contributed by atoms with Gasteiger partial charge in [-0.2, -0.15) is 0 Å². The monoisotopic (exact) mass is 383 g/mol. The lowest BCUT2D eigenvalue weighted by atomic mass is 9.75. The lowest BCUT2D eigenvalue weighted by Crippen LogP contribution is -2.28. The largest absolute Gasteiger partial charge is 0.381 e. The molecular weight excluding hydrogens is 342 g/mol. The molecule has 2 fully saturated rings. The third-order valence-electron chi connectivity index (χ3n) is 6.37. The van der Waals surface area contributed by atoms with Crippen LogP contribution in [0.1, 0.15) is 90.4 Å². The molecule has 0 aliphatic carbocycles. The van der Waals surface area contributed by atoms with Crippen LogP contribution in [0, 0.1) is 11.8 Å². The van der Waals surface area contributed by atoms with Crippen molar-refractivity contribution in [3.8, 4) is 0 Å². The highest BCUT2D eigenvalue weighted by molar-refractivity contribution is 5.74. The number of carbonyl (C=O) groups excluding carboxylic acids is 1. The van der Waals surface area contributed by atoms with Crippen LogP contribution in [0.25, 0.3) is 0 Å². The fourth-order valence-corrected chi connectivity index (χ4v) is 4.79. The van der Waals surface area contributed by atoms with Gasteiger partial charge in [0.25, 0.3) is 0 Å². The van der Waals surface area contributed by atoms with Crippen LogP contribution in [-0.4, -0.2) is 48.6 Å². The van der Waals surface area contributed by atoms with Gasteiger partial charge in [0.1, 0.15) is 0 Å². The number of carbonyl (C=O) groups is 1. The minimum absolute atomic E-state index is 0.189. The van der Waals surface area contributed by atoms with Gasteiger partial charge in [0.15, 0.2) is 0 Å². The summed E-state index contributed by atoms with van der Waals surface area (Å²) >= 11 is 0. The van der Waals surface area contributed by atoms with Gasteiger partial charge in [-0.15, -0.1) is 0 Å². The van der Waals surface area contributed by atoms with Crippen molar-refractivity contribution in [2.75, 3.05) is 20.3 Å². The molecule has 5 nitrogen and oxygen atoms in total. The second-order valence-corrected chi connectivity index (χ2v) is 8.45. The molecule has 2 bridgehead atoms. The first-order valence-electron chi connectivity index (χ1n) is 11.3. The van der Waals surface area contributed by atoms with E-state index in [1.165, 1.54) is 58.4 Å². The Morgan fingerprint density at radius 1 is 0.963 bits per heavy atom. The number of hydrogen-bond acceptors (Lipinski definition) is 4. The van der Waals surface area contributed by atoms with Crippen LogP contribution in [0.15, 0.2) is 0 Å². The van der Waals surface area contributed by atoms with E-state index in [0.29, 0.717) is 35.5 Å². The quantitative estimate of drug-likeness (QED) is 0.247. The molecule has 0 spiro atoms. The lowest BCUT2D eigenvalue weighted by Gasteiger charge is -2.28. The van der Waals surface area contributed by atoms with Crippen molar-refractivity contribution in [1.29, 1.82) is 0 Å². The third-order valence-corrected chi connectivity index (χ3v) is 6.37. The zero-order chi connectivity index (χ0) is 19.5. The van der Waals surface area contributed by atoms with E-state index >= 15 is 0 Å². The average Bonchev–Trinajstić information content (AvgIpc) is 3.25. The molecule has 158 valence electrons. The van der Waals surface area contributed by atoms with Crippen molar-refractivity contribution < 1.29 is 19.5 Å². The van der Waals surface area contributed by atoms with Gasteiger partial charge >= 0.3 is 0 Å². The number of ether oxygens (including phenoxy) is 2. The predicted octanol–water partition coefficient (Wildman–Crippen LogP) is 4.96. The van der Waals surface area contributed by atoms with Crippen LogP contribution in [0.5, 0.6) is 0 Å². The van der Waals surface area contributed by atoms with Crippen molar-refractivity contribution in [1.82, 2.24) is 5.06 Å². The summed E-state index contributed by atoms with van der Waals surface area (Å²) in [4.78, 5) is 11.4. The Morgan fingerprint density at radius 3 is 2.33 bits per heavy atom. The zero-order valence-corrected chi connectivity index (χ0v) is 17.5. The topological polar surface area (TPSA) is 59.0 Å². The molecule has 0 radical (unpaired) electrons. The molecule has 1 amide bonds. The maximum atomic E-state index is 11.4. The minimum atomic E-state index is -0.189. The van der Waals surface area contributed by atoms with Crippen molar-refractivity contribution >= 4 is 5.91 Å². The molecule has 1 N–H and O–H groups in total. The van der Waals surface area contributed by atoms with E-state index in [9.17, 15) is 4.79 Å². The van der Waals surface area contributed by atoms with Gasteiger partial charge < -0.3 is 9.47 Å². The Kier molecular flexibility index (Phi) is 10.7. The Labute approximate surface area is 165 Å². The fourth-order valence-electron chi connectivity index (χ4n) is 4.79. The molecule has 0 saturated carbocycles.